The zero-order chi connectivity index (χ0) is 28.0. The van der Waals surface area contributed by atoms with Crippen molar-refractivity contribution in [1.82, 2.24) is 15.4 Å². The number of carboxylic acid groups (broad SMARTS) is 1. The van der Waals surface area contributed by atoms with Gasteiger partial charge in [-0.1, -0.05) is 35.5 Å². The quantitative estimate of drug-likeness (QED) is 0.275. The van der Waals surface area contributed by atoms with Gasteiger partial charge in [0.05, 0.1) is 27.6 Å². The number of quaternary nitrogens is 1. The first kappa shape index (κ1) is 27.6. The first-order valence-corrected chi connectivity index (χ1v) is 13.1. The van der Waals surface area contributed by atoms with E-state index in [9.17, 15) is 24.3 Å². The Morgan fingerprint density at radius 2 is 1.89 bits per heavy atom. The molecule has 0 aliphatic carbocycles. The van der Waals surface area contributed by atoms with E-state index in [1.54, 1.807) is 6.92 Å². The average molecular weight is 546 g/mol. The summed E-state index contributed by atoms with van der Waals surface area (Å²) >= 11 is 1.39. The van der Waals surface area contributed by atoms with Crippen molar-refractivity contribution in [2.24, 2.45) is 0 Å². The Morgan fingerprint density at radius 3 is 2.50 bits per heavy atom. The van der Waals surface area contributed by atoms with Crippen LogP contribution in [-0.2, 0) is 19.1 Å². The molecule has 12 heteroatoms. The summed E-state index contributed by atoms with van der Waals surface area (Å²) < 4.78 is 10.6. The lowest BCUT2D eigenvalue weighted by atomic mass is 9.95. The van der Waals surface area contributed by atoms with Crippen molar-refractivity contribution in [1.29, 1.82) is 0 Å². The first-order valence-electron chi connectivity index (χ1n) is 12.2. The Balaban J connectivity index is 1.50. The number of fused-ring (bicyclic) bond motifs is 1. The van der Waals surface area contributed by atoms with Crippen molar-refractivity contribution < 1.29 is 38.0 Å². The van der Waals surface area contributed by atoms with Crippen LogP contribution in [0.5, 0.6) is 0 Å². The first-order chi connectivity index (χ1) is 17.7. The van der Waals surface area contributed by atoms with Crippen LogP contribution in [0.1, 0.15) is 36.4 Å². The van der Waals surface area contributed by atoms with Gasteiger partial charge in [-0.15, -0.1) is 11.8 Å². The number of carbonyl (C=O) groups is 4. The molecule has 1 aromatic heterocycles. The van der Waals surface area contributed by atoms with E-state index in [-0.39, 0.29) is 12.0 Å². The molecule has 4 atom stereocenters. The molecule has 2 saturated heterocycles. The molecule has 0 radical (unpaired) electrons. The lowest BCUT2D eigenvalue weighted by molar-refractivity contribution is -0.873. The summed E-state index contributed by atoms with van der Waals surface area (Å²) in [6.07, 6.45) is -1.18. The van der Waals surface area contributed by atoms with Crippen LogP contribution in [0.15, 0.2) is 34.9 Å². The van der Waals surface area contributed by atoms with Gasteiger partial charge in [0.25, 0.3) is 5.91 Å². The molecule has 0 saturated carbocycles. The molecule has 11 nitrogen and oxygen atoms in total. The van der Waals surface area contributed by atoms with E-state index >= 15 is 0 Å². The molecule has 2 aromatic rings. The van der Waals surface area contributed by atoms with Gasteiger partial charge >= 0.3 is 11.9 Å². The Labute approximate surface area is 225 Å². The van der Waals surface area contributed by atoms with Gasteiger partial charge < -0.3 is 29.1 Å². The number of esters is 1. The number of likely N-dealkylation sites (N-methyl/N-ethyl adjacent to an activating group) is 1. The Hall–Kier alpha value is -3.38. The lowest BCUT2D eigenvalue weighted by Crippen LogP contribution is -2.70. The molecule has 1 aromatic carbocycles. The van der Waals surface area contributed by atoms with E-state index in [2.05, 4.69) is 10.5 Å². The summed E-state index contributed by atoms with van der Waals surface area (Å²) in [5.74, 6) is -2.29. The molecule has 38 heavy (non-hydrogen) atoms. The molecular formula is C26H33N4O7S+. The fourth-order valence-electron chi connectivity index (χ4n) is 4.95. The van der Waals surface area contributed by atoms with Crippen LogP contribution >= 0.6 is 11.8 Å². The van der Waals surface area contributed by atoms with Crippen LogP contribution in [0, 0.1) is 6.92 Å². The number of thioether (sulfide) groups is 1. The second-order valence-corrected chi connectivity index (χ2v) is 12.9. The van der Waals surface area contributed by atoms with Gasteiger partial charge in [0.2, 0.25) is 5.91 Å². The monoisotopic (exact) mass is 545 g/mol. The van der Waals surface area contributed by atoms with Gasteiger partial charge in [0, 0.05) is 10.3 Å². The predicted molar refractivity (Wildman–Crippen MR) is 139 cm³/mol. The minimum Gasteiger partial charge on any atom is -0.481 e. The van der Waals surface area contributed by atoms with Crippen LogP contribution in [0.4, 0.5) is 0 Å². The maximum absolute atomic E-state index is 13.3. The van der Waals surface area contributed by atoms with Gasteiger partial charge in [-0.3, -0.25) is 14.4 Å². The van der Waals surface area contributed by atoms with Crippen LogP contribution < -0.4 is 5.32 Å². The third kappa shape index (κ3) is 5.41. The van der Waals surface area contributed by atoms with Crippen LogP contribution in [-0.4, -0.2) is 99.4 Å². The number of benzene rings is 1. The number of amides is 2. The zero-order valence-corrected chi connectivity index (χ0v) is 23.1. The molecule has 3 heterocycles. The van der Waals surface area contributed by atoms with Gasteiger partial charge in [-0.05, 0) is 20.8 Å². The second-order valence-electron chi connectivity index (χ2n) is 11.2. The van der Waals surface area contributed by atoms with Crippen LogP contribution in [0.25, 0.3) is 11.3 Å². The number of aliphatic carboxylic acids is 1. The molecule has 1 unspecified atom stereocenters. The number of hydrogen-bond donors (Lipinski definition) is 2. The number of nitrogens with one attached hydrogen (secondary N) is 1. The summed E-state index contributed by atoms with van der Waals surface area (Å²) in [5.41, 5.74) is 1.34. The number of carbonyl (C=O) groups excluding carboxylic acids is 3. The van der Waals surface area contributed by atoms with E-state index in [0.29, 0.717) is 28.0 Å². The molecule has 2 fully saturated rings. The van der Waals surface area contributed by atoms with Crippen molar-refractivity contribution in [2.45, 2.75) is 55.5 Å². The Morgan fingerprint density at radius 1 is 1.24 bits per heavy atom. The van der Waals surface area contributed by atoms with Crippen molar-refractivity contribution >= 4 is 35.5 Å². The molecule has 2 N–H and O–H groups in total. The van der Waals surface area contributed by atoms with Gasteiger partial charge in [-0.2, -0.15) is 0 Å². The highest BCUT2D eigenvalue weighted by Crippen LogP contribution is 2.51. The van der Waals surface area contributed by atoms with Gasteiger partial charge in [0.1, 0.15) is 41.0 Å². The maximum Gasteiger partial charge on any atom is 0.330 e. The van der Waals surface area contributed by atoms with Crippen LogP contribution in [0.2, 0.25) is 0 Å². The number of aryl methyl sites for hydroxylation is 1. The summed E-state index contributed by atoms with van der Waals surface area (Å²) in [6.45, 7) is 5.60. The molecule has 0 spiro atoms. The molecule has 2 amide bonds. The topological polar surface area (TPSA) is 139 Å². The van der Waals surface area contributed by atoms with Crippen molar-refractivity contribution in [3.05, 3.63) is 41.7 Å². The van der Waals surface area contributed by atoms with E-state index < -0.39 is 52.1 Å². The molecule has 204 valence electrons. The fourth-order valence-corrected chi connectivity index (χ4v) is 6.57. The maximum atomic E-state index is 13.3. The predicted octanol–water partition coefficient (Wildman–Crippen LogP) is 1.90. The zero-order valence-electron chi connectivity index (χ0n) is 22.3. The van der Waals surface area contributed by atoms with E-state index in [1.165, 1.54) is 16.7 Å². The van der Waals surface area contributed by atoms with Gasteiger partial charge in [-0.25, -0.2) is 4.79 Å². The fraction of sp³-hybridized carbons (Fsp3) is 0.500. The summed E-state index contributed by atoms with van der Waals surface area (Å²) in [5, 5.41) is 15.7. The summed E-state index contributed by atoms with van der Waals surface area (Å²) in [7, 11) is 5.63. The smallest absolute Gasteiger partial charge is 0.330 e. The normalized spacial score (nSPS) is 22.8. The minimum absolute atomic E-state index is 0.248. The number of nitrogens with zero attached hydrogens (tertiary/aromatic N) is 3. The molecule has 2 aliphatic rings. The third-order valence-corrected chi connectivity index (χ3v) is 8.10. The third-order valence-electron chi connectivity index (χ3n) is 6.52. The van der Waals surface area contributed by atoms with E-state index in [1.807, 2.05) is 65.3 Å². The molecule has 4 rings (SSSR count). The van der Waals surface area contributed by atoms with Gasteiger partial charge in [0.15, 0.2) is 6.10 Å². The molecular weight excluding hydrogens is 512 g/mol. The highest BCUT2D eigenvalue weighted by atomic mass is 32.2. The number of aromatic nitrogens is 1. The minimum atomic E-state index is -1.07. The Bertz CT molecular complexity index is 1250. The molecule has 2 aliphatic heterocycles. The number of carboxylic acids is 1. The van der Waals surface area contributed by atoms with E-state index in [0.717, 1.165) is 0 Å². The highest BCUT2D eigenvalue weighted by Gasteiger charge is 2.64. The SMILES string of the molecule is Cc1onc(-c2ccccc2)c1C(=O)N[C@@H]1C(=O)N2[C@@H]1SC(C)(C)[C@@H]2C(=O)OC(CC(=O)O)C[N+](C)(C)C. The van der Waals surface area contributed by atoms with E-state index in [4.69, 9.17) is 9.26 Å². The number of rotatable bonds is 9. The second kappa shape index (κ2) is 10.1. The summed E-state index contributed by atoms with van der Waals surface area (Å²) in [4.78, 5) is 52.6. The number of hydrogen-bond acceptors (Lipinski definition) is 8. The average Bonchev–Trinajstić information content (AvgIpc) is 3.31. The van der Waals surface area contributed by atoms with Crippen molar-refractivity contribution in [3.8, 4) is 11.3 Å². The summed E-state index contributed by atoms with van der Waals surface area (Å²) in [6, 6.07) is 7.36. The highest BCUT2D eigenvalue weighted by molar-refractivity contribution is 8.01. The standard InChI is InChI=1S/C26H32N4O7S/c1-14-18(19(28-37-14)15-10-8-7-9-11-15)22(33)27-20-23(34)29-21(26(2,3)38-24(20)29)25(35)36-16(12-17(31)32)13-30(4,5)6/h7-11,16,20-21,24H,12-13H2,1-6H3,(H-,27,31,32,33)/p+1/t16?,20-,21+,24-/m1/s1. The Kier molecular flexibility index (Phi) is 7.32. The number of ether oxygens (including phenoxy) is 1. The lowest BCUT2D eigenvalue weighted by Gasteiger charge is -2.44. The van der Waals surface area contributed by atoms with Crippen molar-refractivity contribution in [2.75, 3.05) is 27.7 Å². The van der Waals surface area contributed by atoms with Crippen LogP contribution in [0.3, 0.4) is 0 Å². The van der Waals surface area contributed by atoms with Crippen molar-refractivity contribution in [3.63, 3.8) is 0 Å². The largest absolute Gasteiger partial charge is 0.481 e. The molecule has 0 bridgehead atoms. The number of β-lactam (4-membered cyclic amide) rings is 1.